The number of thiocarbonyl (C=S) groups is 1. The molecule has 7 heteroatoms. The molecule has 1 aromatic rings. The lowest BCUT2D eigenvalue weighted by atomic mass is 10.0. The Hall–Kier alpha value is -1.31. The Labute approximate surface area is 165 Å². The Morgan fingerprint density at radius 3 is 2.65 bits per heavy atom. The molecule has 2 aliphatic heterocycles. The molecule has 2 saturated heterocycles. The molecule has 0 aliphatic carbocycles. The minimum atomic E-state index is -0.194. The van der Waals surface area contributed by atoms with Crippen molar-refractivity contribution >= 4 is 34.4 Å². The van der Waals surface area contributed by atoms with Gasteiger partial charge in [0.1, 0.15) is 4.32 Å². The van der Waals surface area contributed by atoms with Crippen molar-refractivity contribution in [1.29, 1.82) is 0 Å². The minimum absolute atomic E-state index is 0.194. The molecule has 0 aromatic heterocycles. The van der Waals surface area contributed by atoms with E-state index in [0.29, 0.717) is 18.7 Å². The van der Waals surface area contributed by atoms with Crippen LogP contribution in [0.4, 0.5) is 4.79 Å². The molecule has 0 saturated carbocycles. The van der Waals surface area contributed by atoms with Crippen LogP contribution in [0.25, 0.3) is 0 Å². The van der Waals surface area contributed by atoms with E-state index in [1.807, 2.05) is 11.8 Å². The molecule has 3 rings (SSSR count). The number of hydrogen-bond acceptors (Lipinski definition) is 5. The standard InChI is InChI=1S/C19H27N3O2S2/c1-3-24-18(23)20-11-9-17(10-12-20)22-13-21(14-26-19(22)25)15(2)16-7-5-4-6-8-16/h4-8,15,17H,3,9-14H2,1-2H3. The maximum Gasteiger partial charge on any atom is 0.409 e. The van der Waals surface area contributed by atoms with Gasteiger partial charge in [-0.25, -0.2) is 4.79 Å². The number of nitrogens with zero attached hydrogens (tertiary/aromatic N) is 3. The number of hydrogen-bond donors (Lipinski definition) is 0. The van der Waals surface area contributed by atoms with Crippen molar-refractivity contribution < 1.29 is 9.53 Å². The highest BCUT2D eigenvalue weighted by Crippen LogP contribution is 2.31. The highest BCUT2D eigenvalue weighted by atomic mass is 32.2. The molecule has 1 aromatic carbocycles. The molecule has 142 valence electrons. The summed E-state index contributed by atoms with van der Waals surface area (Å²) in [6.07, 6.45) is 1.68. The van der Waals surface area contributed by atoms with Crippen molar-refractivity contribution in [2.75, 3.05) is 32.2 Å². The lowest BCUT2D eigenvalue weighted by Gasteiger charge is -2.45. The molecule has 26 heavy (non-hydrogen) atoms. The van der Waals surface area contributed by atoms with Crippen LogP contribution in [0.5, 0.6) is 0 Å². The largest absolute Gasteiger partial charge is 0.450 e. The highest BCUT2D eigenvalue weighted by molar-refractivity contribution is 8.22. The van der Waals surface area contributed by atoms with Gasteiger partial charge in [0.25, 0.3) is 0 Å². The van der Waals surface area contributed by atoms with E-state index in [-0.39, 0.29) is 6.09 Å². The number of piperidine rings is 1. The fourth-order valence-electron chi connectivity index (χ4n) is 3.53. The zero-order valence-corrected chi connectivity index (χ0v) is 17.1. The molecular weight excluding hydrogens is 366 g/mol. The molecule has 5 nitrogen and oxygen atoms in total. The predicted molar refractivity (Wildman–Crippen MR) is 110 cm³/mol. The molecule has 2 aliphatic rings. The summed E-state index contributed by atoms with van der Waals surface area (Å²) < 4.78 is 6.10. The van der Waals surface area contributed by atoms with Gasteiger partial charge >= 0.3 is 6.09 Å². The Morgan fingerprint density at radius 2 is 2.00 bits per heavy atom. The lowest BCUT2D eigenvalue weighted by Crippen LogP contribution is -2.53. The molecule has 1 amide bonds. The van der Waals surface area contributed by atoms with Crippen LogP contribution in [-0.4, -0.2) is 63.4 Å². The first-order valence-electron chi connectivity index (χ1n) is 9.24. The normalized spacial score (nSPS) is 20.9. The number of amides is 1. The summed E-state index contributed by atoms with van der Waals surface area (Å²) >= 11 is 7.39. The molecular formula is C19H27N3O2S2. The lowest BCUT2D eigenvalue weighted by molar-refractivity contribution is 0.0737. The smallest absolute Gasteiger partial charge is 0.409 e. The van der Waals surface area contributed by atoms with E-state index >= 15 is 0 Å². The molecule has 2 heterocycles. The fourth-order valence-corrected chi connectivity index (χ4v) is 4.85. The van der Waals surface area contributed by atoms with E-state index in [1.165, 1.54) is 5.56 Å². The van der Waals surface area contributed by atoms with Crippen LogP contribution in [-0.2, 0) is 4.74 Å². The average Bonchev–Trinajstić information content (AvgIpc) is 2.69. The van der Waals surface area contributed by atoms with Crippen molar-refractivity contribution in [1.82, 2.24) is 14.7 Å². The summed E-state index contributed by atoms with van der Waals surface area (Å²) in [6.45, 7) is 6.86. The average molecular weight is 394 g/mol. The van der Waals surface area contributed by atoms with Gasteiger partial charge in [-0.15, -0.1) is 0 Å². The zero-order chi connectivity index (χ0) is 18.5. The van der Waals surface area contributed by atoms with E-state index in [1.54, 1.807) is 11.8 Å². The Kier molecular flexibility index (Phi) is 6.78. The third-order valence-electron chi connectivity index (χ3n) is 5.18. The van der Waals surface area contributed by atoms with Gasteiger partial charge in [0.2, 0.25) is 0 Å². The number of ether oxygens (including phenoxy) is 1. The van der Waals surface area contributed by atoms with Crippen LogP contribution >= 0.6 is 24.0 Å². The quantitative estimate of drug-likeness (QED) is 0.722. The molecule has 0 radical (unpaired) electrons. The van der Waals surface area contributed by atoms with Crippen LogP contribution in [0.2, 0.25) is 0 Å². The number of thioether (sulfide) groups is 1. The van der Waals surface area contributed by atoms with Crippen molar-refractivity contribution in [2.45, 2.75) is 38.8 Å². The summed E-state index contributed by atoms with van der Waals surface area (Å²) in [4.78, 5) is 18.5. The maximum absolute atomic E-state index is 11.9. The summed E-state index contributed by atoms with van der Waals surface area (Å²) in [7, 11) is 0. The molecule has 1 unspecified atom stereocenters. The van der Waals surface area contributed by atoms with Crippen molar-refractivity contribution in [2.24, 2.45) is 0 Å². The fraction of sp³-hybridized carbons (Fsp3) is 0.579. The van der Waals surface area contributed by atoms with Crippen LogP contribution in [0.1, 0.15) is 38.3 Å². The number of carbonyl (C=O) groups excluding carboxylic acids is 1. The van der Waals surface area contributed by atoms with E-state index in [0.717, 1.165) is 42.8 Å². The highest BCUT2D eigenvalue weighted by Gasteiger charge is 2.33. The number of carbonyl (C=O) groups is 1. The summed E-state index contributed by atoms with van der Waals surface area (Å²) in [5, 5.41) is 0. The molecule has 1 atom stereocenters. The molecule has 0 spiro atoms. The van der Waals surface area contributed by atoms with Gasteiger partial charge in [0.15, 0.2) is 0 Å². The summed E-state index contributed by atoms with van der Waals surface area (Å²) in [5.41, 5.74) is 1.33. The van der Waals surface area contributed by atoms with E-state index in [2.05, 4.69) is 47.1 Å². The summed E-state index contributed by atoms with van der Waals surface area (Å²) in [6, 6.07) is 11.4. The first kappa shape index (κ1) is 19.5. The van der Waals surface area contributed by atoms with Crippen LogP contribution < -0.4 is 0 Å². The number of likely N-dealkylation sites (tertiary alicyclic amines) is 1. The molecule has 0 bridgehead atoms. The van der Waals surface area contributed by atoms with Crippen molar-refractivity contribution in [3.05, 3.63) is 35.9 Å². The van der Waals surface area contributed by atoms with E-state index in [4.69, 9.17) is 17.0 Å². The Balaban J connectivity index is 1.59. The number of benzene rings is 1. The van der Waals surface area contributed by atoms with Crippen LogP contribution in [0.3, 0.4) is 0 Å². The van der Waals surface area contributed by atoms with Gasteiger partial charge in [-0.3, -0.25) is 4.90 Å². The predicted octanol–water partition coefficient (Wildman–Crippen LogP) is 3.92. The molecule has 0 N–H and O–H groups in total. The van der Waals surface area contributed by atoms with Gasteiger partial charge in [0.05, 0.1) is 19.2 Å². The Morgan fingerprint density at radius 1 is 1.31 bits per heavy atom. The monoisotopic (exact) mass is 393 g/mol. The van der Waals surface area contributed by atoms with E-state index < -0.39 is 0 Å². The first-order valence-corrected chi connectivity index (χ1v) is 10.6. The third-order valence-corrected chi connectivity index (χ3v) is 6.71. The first-order chi connectivity index (χ1) is 12.6. The van der Waals surface area contributed by atoms with Gasteiger partial charge in [-0.2, -0.15) is 0 Å². The minimum Gasteiger partial charge on any atom is -0.450 e. The van der Waals surface area contributed by atoms with Crippen molar-refractivity contribution in [3.63, 3.8) is 0 Å². The SMILES string of the molecule is CCOC(=O)N1CCC(N2CN(C(C)c3ccccc3)CSC2=S)CC1. The molecule has 2 fully saturated rings. The second-order valence-electron chi connectivity index (χ2n) is 6.74. The Bertz CT molecular complexity index is 620. The van der Waals surface area contributed by atoms with Gasteiger partial charge < -0.3 is 14.5 Å². The van der Waals surface area contributed by atoms with Crippen molar-refractivity contribution in [3.8, 4) is 0 Å². The number of rotatable bonds is 4. The second kappa shape index (κ2) is 9.06. The van der Waals surface area contributed by atoms with Gasteiger partial charge in [-0.05, 0) is 32.3 Å². The summed E-state index contributed by atoms with van der Waals surface area (Å²) in [5.74, 6) is 0.924. The van der Waals surface area contributed by atoms with E-state index in [9.17, 15) is 4.79 Å². The second-order valence-corrected chi connectivity index (χ2v) is 8.32. The van der Waals surface area contributed by atoms with Gasteiger partial charge in [0, 0.05) is 25.2 Å². The van der Waals surface area contributed by atoms with Crippen LogP contribution in [0.15, 0.2) is 30.3 Å². The topological polar surface area (TPSA) is 36.0 Å². The van der Waals surface area contributed by atoms with Gasteiger partial charge in [-0.1, -0.05) is 54.3 Å². The maximum atomic E-state index is 11.9. The zero-order valence-electron chi connectivity index (χ0n) is 15.5. The third kappa shape index (κ3) is 4.50. The van der Waals surface area contributed by atoms with Crippen LogP contribution in [0, 0.1) is 0 Å².